The molecule has 8 aromatic rings. The fourth-order valence-corrected chi connectivity index (χ4v) is 6.14. The Balaban J connectivity index is 1.04. The quantitative estimate of drug-likeness (QED) is 0.208. The largest absolute Gasteiger partial charge is 0.456 e. The van der Waals surface area contributed by atoms with E-state index in [0.29, 0.717) is 0 Å². The number of rotatable bonds is 5. The molecule has 202 valence electrons. The molecule has 0 spiro atoms. The van der Waals surface area contributed by atoms with Crippen LogP contribution in [0.5, 0.6) is 0 Å². The van der Waals surface area contributed by atoms with E-state index in [4.69, 9.17) is 4.42 Å². The molecule has 0 N–H and O–H groups in total. The maximum Gasteiger partial charge on any atom is 0.135 e. The highest BCUT2D eigenvalue weighted by molar-refractivity contribution is 6.06. The zero-order chi connectivity index (χ0) is 28.8. The number of furan rings is 1. The van der Waals surface area contributed by atoms with Gasteiger partial charge in [0, 0.05) is 10.8 Å². The number of hydrogen-bond acceptors (Lipinski definition) is 1. The number of benzene rings is 7. The zero-order valence-corrected chi connectivity index (χ0v) is 23.6. The summed E-state index contributed by atoms with van der Waals surface area (Å²) < 4.78 is 6.01. The standard InChI is InChI=1S/C42H28O/c1-28(30-18-22-32(23-19-30)35-24-25-42-40(27-35)39-13-4-5-15-41(39)43-42)29-16-20-31(21-17-29)34-10-6-11-36(26-34)38-14-7-9-33-8-2-3-12-37(33)38/h2-27H,1H2. The van der Waals surface area contributed by atoms with Crippen molar-refractivity contribution >= 4 is 38.3 Å². The van der Waals surface area contributed by atoms with Gasteiger partial charge in [0.15, 0.2) is 0 Å². The van der Waals surface area contributed by atoms with E-state index in [-0.39, 0.29) is 0 Å². The molecular formula is C42H28O. The van der Waals surface area contributed by atoms with Crippen LogP contribution >= 0.6 is 0 Å². The molecule has 0 radical (unpaired) electrons. The van der Waals surface area contributed by atoms with Crippen LogP contribution in [0, 0.1) is 0 Å². The van der Waals surface area contributed by atoms with Gasteiger partial charge in [0.2, 0.25) is 0 Å². The van der Waals surface area contributed by atoms with E-state index in [1.54, 1.807) is 0 Å². The number of para-hydroxylation sites is 1. The SMILES string of the molecule is C=C(c1ccc(-c2cccc(-c3cccc4ccccc34)c2)cc1)c1ccc(-c2ccc3oc4ccccc4c3c2)cc1. The van der Waals surface area contributed by atoms with Gasteiger partial charge in [0.25, 0.3) is 0 Å². The van der Waals surface area contributed by atoms with Crippen molar-refractivity contribution in [2.45, 2.75) is 0 Å². The molecule has 0 atom stereocenters. The van der Waals surface area contributed by atoms with Crippen LogP contribution in [0.4, 0.5) is 0 Å². The summed E-state index contributed by atoms with van der Waals surface area (Å²) in [6, 6.07) is 55.9. The van der Waals surface area contributed by atoms with Crippen molar-refractivity contribution in [3.63, 3.8) is 0 Å². The Hall–Kier alpha value is -5.66. The Kier molecular flexibility index (Phi) is 6.02. The van der Waals surface area contributed by atoms with Crippen molar-refractivity contribution in [2.75, 3.05) is 0 Å². The smallest absolute Gasteiger partial charge is 0.135 e. The Bertz CT molecular complexity index is 2280. The first-order chi connectivity index (χ1) is 21.2. The van der Waals surface area contributed by atoms with Crippen LogP contribution in [0.25, 0.3) is 71.7 Å². The molecule has 1 nitrogen and oxygen atoms in total. The lowest BCUT2D eigenvalue weighted by Crippen LogP contribution is -1.88. The zero-order valence-electron chi connectivity index (χ0n) is 23.6. The van der Waals surface area contributed by atoms with Gasteiger partial charge in [-0.1, -0.05) is 140 Å². The molecule has 0 saturated carbocycles. The normalized spacial score (nSPS) is 11.3. The van der Waals surface area contributed by atoms with Crippen LogP contribution in [-0.2, 0) is 0 Å². The lowest BCUT2D eigenvalue weighted by atomic mass is 9.93. The van der Waals surface area contributed by atoms with E-state index >= 15 is 0 Å². The Morgan fingerprint density at radius 1 is 0.395 bits per heavy atom. The summed E-state index contributed by atoms with van der Waals surface area (Å²) in [5.41, 5.74) is 12.3. The van der Waals surface area contributed by atoms with Gasteiger partial charge in [0.1, 0.15) is 11.2 Å². The van der Waals surface area contributed by atoms with E-state index in [2.05, 4.69) is 152 Å². The molecule has 8 rings (SSSR count). The average Bonchev–Trinajstić information content (AvgIpc) is 3.46. The fraction of sp³-hybridized carbons (Fsp3) is 0. The number of hydrogen-bond donors (Lipinski definition) is 0. The number of fused-ring (bicyclic) bond motifs is 4. The van der Waals surface area contributed by atoms with Crippen molar-refractivity contribution in [3.8, 4) is 33.4 Å². The highest BCUT2D eigenvalue weighted by Crippen LogP contribution is 2.34. The molecule has 1 aromatic heterocycles. The van der Waals surface area contributed by atoms with Crippen LogP contribution in [0.15, 0.2) is 169 Å². The second-order valence-corrected chi connectivity index (χ2v) is 11.0. The molecule has 7 aromatic carbocycles. The van der Waals surface area contributed by atoms with Crippen molar-refractivity contribution < 1.29 is 4.42 Å². The van der Waals surface area contributed by atoms with Gasteiger partial charge >= 0.3 is 0 Å². The van der Waals surface area contributed by atoms with Crippen LogP contribution in [-0.4, -0.2) is 0 Å². The molecule has 1 heterocycles. The summed E-state index contributed by atoms with van der Waals surface area (Å²) in [5.74, 6) is 0. The van der Waals surface area contributed by atoms with E-state index in [0.717, 1.165) is 38.6 Å². The first-order valence-corrected chi connectivity index (χ1v) is 14.6. The molecule has 0 unspecified atom stereocenters. The monoisotopic (exact) mass is 548 g/mol. The predicted octanol–water partition coefficient (Wildman–Crippen LogP) is 11.8. The second kappa shape index (κ2) is 10.3. The van der Waals surface area contributed by atoms with Gasteiger partial charge in [-0.25, -0.2) is 0 Å². The summed E-state index contributed by atoms with van der Waals surface area (Å²) in [7, 11) is 0. The predicted molar refractivity (Wildman–Crippen MR) is 182 cm³/mol. The Labute approximate surface area is 251 Å². The minimum absolute atomic E-state index is 0.915. The maximum atomic E-state index is 6.01. The first-order valence-electron chi connectivity index (χ1n) is 14.6. The summed E-state index contributed by atoms with van der Waals surface area (Å²) in [5, 5.41) is 4.82. The summed E-state index contributed by atoms with van der Waals surface area (Å²) in [6.45, 7) is 4.44. The van der Waals surface area contributed by atoms with Crippen molar-refractivity contribution in [3.05, 3.63) is 175 Å². The third-order valence-corrected chi connectivity index (χ3v) is 8.47. The van der Waals surface area contributed by atoms with Crippen LogP contribution in [0.3, 0.4) is 0 Å². The Morgan fingerprint density at radius 3 is 1.72 bits per heavy atom. The van der Waals surface area contributed by atoms with Crippen LogP contribution in [0.1, 0.15) is 11.1 Å². The van der Waals surface area contributed by atoms with Crippen molar-refractivity contribution in [1.29, 1.82) is 0 Å². The molecule has 43 heavy (non-hydrogen) atoms. The first kappa shape index (κ1) is 25.1. The molecule has 1 heteroatoms. The molecule has 0 fully saturated rings. The topological polar surface area (TPSA) is 13.1 Å². The fourth-order valence-electron chi connectivity index (χ4n) is 6.14. The van der Waals surface area contributed by atoms with E-state index in [1.807, 2.05) is 12.1 Å². The second-order valence-electron chi connectivity index (χ2n) is 11.0. The van der Waals surface area contributed by atoms with Gasteiger partial charge in [-0.15, -0.1) is 0 Å². The molecule has 0 aliphatic heterocycles. The average molecular weight is 549 g/mol. The summed E-state index contributed by atoms with van der Waals surface area (Å²) >= 11 is 0. The minimum Gasteiger partial charge on any atom is -0.456 e. The highest BCUT2D eigenvalue weighted by atomic mass is 16.3. The molecule has 0 bridgehead atoms. The van der Waals surface area contributed by atoms with Gasteiger partial charge in [-0.3, -0.25) is 0 Å². The van der Waals surface area contributed by atoms with Gasteiger partial charge < -0.3 is 4.42 Å². The lowest BCUT2D eigenvalue weighted by Gasteiger charge is -2.11. The summed E-state index contributed by atoms with van der Waals surface area (Å²) in [6.07, 6.45) is 0. The Morgan fingerprint density at radius 2 is 0.953 bits per heavy atom. The van der Waals surface area contributed by atoms with Gasteiger partial charge in [-0.05, 0) is 85.1 Å². The van der Waals surface area contributed by atoms with Gasteiger partial charge in [-0.2, -0.15) is 0 Å². The van der Waals surface area contributed by atoms with E-state index in [9.17, 15) is 0 Å². The minimum atomic E-state index is 0.915. The van der Waals surface area contributed by atoms with Crippen molar-refractivity contribution in [1.82, 2.24) is 0 Å². The molecule has 0 aliphatic carbocycles. The van der Waals surface area contributed by atoms with Crippen LogP contribution in [0.2, 0.25) is 0 Å². The van der Waals surface area contributed by atoms with E-state index in [1.165, 1.54) is 44.2 Å². The molecule has 0 amide bonds. The third-order valence-electron chi connectivity index (χ3n) is 8.47. The molecular weight excluding hydrogens is 520 g/mol. The molecule has 0 saturated heterocycles. The highest BCUT2D eigenvalue weighted by Gasteiger charge is 2.10. The van der Waals surface area contributed by atoms with Gasteiger partial charge in [0.05, 0.1) is 0 Å². The molecule has 0 aliphatic rings. The van der Waals surface area contributed by atoms with E-state index < -0.39 is 0 Å². The van der Waals surface area contributed by atoms with Crippen molar-refractivity contribution in [2.24, 2.45) is 0 Å². The maximum absolute atomic E-state index is 6.01. The summed E-state index contributed by atoms with van der Waals surface area (Å²) in [4.78, 5) is 0. The lowest BCUT2D eigenvalue weighted by molar-refractivity contribution is 0.669. The third kappa shape index (κ3) is 4.52. The van der Waals surface area contributed by atoms with Crippen LogP contribution < -0.4 is 0 Å².